The Hall–Kier alpha value is -0.256. The third kappa shape index (κ3) is 3.81. The number of ether oxygens (including phenoxy) is 1. The van der Waals surface area contributed by atoms with Gasteiger partial charge in [-0.1, -0.05) is 41.5 Å². The maximum atomic E-state index is 13.0. The number of rotatable bonds is 4. The Morgan fingerprint density at radius 3 is 1.93 bits per heavy atom. The summed E-state index contributed by atoms with van der Waals surface area (Å²) in [6.07, 6.45) is -3.86. The van der Waals surface area contributed by atoms with Crippen LogP contribution < -0.4 is 0 Å². The summed E-state index contributed by atoms with van der Waals surface area (Å²) in [5, 5.41) is 20.7. The minimum absolute atomic E-state index is 0.00466. The van der Waals surface area contributed by atoms with Crippen LogP contribution in [0.25, 0.3) is 0 Å². The summed E-state index contributed by atoms with van der Waals surface area (Å²) in [5.41, 5.74) is -1.36. The molecule has 2 bridgehead atoms. The lowest BCUT2D eigenvalue weighted by atomic mass is 9.80. The van der Waals surface area contributed by atoms with E-state index in [0.717, 1.165) is 0 Å². The Morgan fingerprint density at radius 1 is 1.00 bits per heavy atom. The number of esters is 1. The second kappa shape index (κ2) is 6.63. The molecule has 0 aromatic heterocycles. The minimum Gasteiger partial charge on any atom is -0.454 e. The van der Waals surface area contributed by atoms with Crippen molar-refractivity contribution in [2.24, 2.45) is 0 Å². The molecule has 2 fully saturated rings. The molecule has 27 heavy (non-hydrogen) atoms. The molecule has 1 saturated carbocycles. The monoisotopic (exact) mass is 418 g/mol. The van der Waals surface area contributed by atoms with Crippen molar-refractivity contribution >= 4 is 22.6 Å². The highest BCUT2D eigenvalue weighted by molar-refractivity contribution is 6.75. The highest BCUT2D eigenvalue weighted by Gasteiger charge is 2.69. The zero-order chi connectivity index (χ0) is 21.2. The van der Waals surface area contributed by atoms with Gasteiger partial charge in [-0.05, 0) is 36.3 Å². The van der Waals surface area contributed by atoms with Gasteiger partial charge in [0.25, 0.3) is 0 Å². The quantitative estimate of drug-likeness (QED) is 0.539. The van der Waals surface area contributed by atoms with E-state index in [1.165, 1.54) is 0 Å². The van der Waals surface area contributed by atoms with Gasteiger partial charge in [0.05, 0.1) is 6.10 Å². The van der Waals surface area contributed by atoms with E-state index in [4.69, 9.17) is 13.6 Å². The van der Waals surface area contributed by atoms with Crippen LogP contribution in [0.4, 0.5) is 0 Å². The molecule has 2 aliphatic rings. The van der Waals surface area contributed by atoms with Gasteiger partial charge in [0.15, 0.2) is 28.3 Å². The van der Waals surface area contributed by atoms with E-state index in [1.54, 1.807) is 0 Å². The average Bonchev–Trinajstić information content (AvgIpc) is 2.63. The fraction of sp³-hybridized carbons (Fsp3) is 0.947. The lowest BCUT2D eigenvalue weighted by molar-refractivity contribution is -0.156. The van der Waals surface area contributed by atoms with Crippen molar-refractivity contribution < 1.29 is 28.6 Å². The van der Waals surface area contributed by atoms with Crippen LogP contribution in [-0.4, -0.2) is 62.8 Å². The van der Waals surface area contributed by atoms with Crippen molar-refractivity contribution in [2.75, 3.05) is 0 Å². The molecule has 1 aliphatic heterocycles. The van der Waals surface area contributed by atoms with Crippen LogP contribution in [0, 0.1) is 0 Å². The van der Waals surface area contributed by atoms with Gasteiger partial charge in [-0.25, -0.2) is 4.79 Å². The summed E-state index contributed by atoms with van der Waals surface area (Å²) in [6.45, 7) is 21.0. The zero-order valence-electron chi connectivity index (χ0n) is 18.5. The van der Waals surface area contributed by atoms with Gasteiger partial charge in [-0.3, -0.25) is 0 Å². The number of hydrogen-bond acceptors (Lipinski definition) is 6. The van der Waals surface area contributed by atoms with Crippen LogP contribution in [0.1, 0.15) is 48.0 Å². The van der Waals surface area contributed by atoms with E-state index in [9.17, 15) is 15.0 Å². The van der Waals surface area contributed by atoms with Crippen LogP contribution >= 0.6 is 0 Å². The normalized spacial score (nSPS) is 35.3. The standard InChI is InChI=1S/C19H38O6Si2/c1-17(2,3)26(7,8)24-15-14-13(21)12(20)11-19(15,16(22)23-14)25-27(9,10)18(4,5)6/h12-15,20-21H,11H2,1-10H3/t12-,13-,14+,15+,19+/m1/s1. The van der Waals surface area contributed by atoms with E-state index >= 15 is 0 Å². The Balaban J connectivity index is 2.50. The van der Waals surface area contributed by atoms with Gasteiger partial charge in [0.1, 0.15) is 12.2 Å². The first-order valence-corrected chi connectivity index (χ1v) is 15.6. The van der Waals surface area contributed by atoms with Crippen LogP contribution in [-0.2, 0) is 18.4 Å². The van der Waals surface area contributed by atoms with Crippen molar-refractivity contribution in [2.45, 2.75) is 114 Å². The predicted octanol–water partition coefficient (Wildman–Crippen LogP) is 3.19. The fourth-order valence-corrected chi connectivity index (χ4v) is 5.98. The van der Waals surface area contributed by atoms with Gasteiger partial charge in [-0.15, -0.1) is 0 Å². The maximum Gasteiger partial charge on any atom is 0.340 e. The molecule has 158 valence electrons. The van der Waals surface area contributed by atoms with Crippen LogP contribution in [0.2, 0.25) is 36.3 Å². The first-order valence-electron chi connectivity index (χ1n) is 9.81. The number of aliphatic hydroxyl groups is 2. The third-order valence-corrected chi connectivity index (χ3v) is 16.0. The molecule has 2 rings (SSSR count). The number of fused-ring (bicyclic) bond motifs is 2. The largest absolute Gasteiger partial charge is 0.454 e. The Bertz CT molecular complexity index is 592. The molecule has 6 nitrogen and oxygen atoms in total. The van der Waals surface area contributed by atoms with Crippen molar-refractivity contribution in [3.8, 4) is 0 Å². The fourth-order valence-electron chi connectivity index (χ4n) is 3.17. The van der Waals surface area contributed by atoms with E-state index in [0.29, 0.717) is 0 Å². The van der Waals surface area contributed by atoms with Crippen molar-refractivity contribution in [3.05, 3.63) is 0 Å². The third-order valence-electron chi connectivity index (χ3n) is 7.06. The number of carbonyl (C=O) groups is 1. The summed E-state index contributed by atoms with van der Waals surface area (Å²) in [4.78, 5) is 13.0. The van der Waals surface area contributed by atoms with Gasteiger partial charge in [0.2, 0.25) is 0 Å². The molecule has 0 radical (unpaired) electrons. The van der Waals surface area contributed by atoms with E-state index in [-0.39, 0.29) is 16.5 Å². The second-order valence-corrected chi connectivity index (χ2v) is 20.7. The van der Waals surface area contributed by atoms with Crippen LogP contribution in [0.15, 0.2) is 0 Å². The summed E-state index contributed by atoms with van der Waals surface area (Å²) in [6, 6.07) is 0. The highest BCUT2D eigenvalue weighted by atomic mass is 28.4. The molecule has 1 saturated heterocycles. The van der Waals surface area contributed by atoms with Crippen molar-refractivity contribution in [1.29, 1.82) is 0 Å². The molecule has 0 aromatic rings. The molecule has 1 aliphatic carbocycles. The lowest BCUT2D eigenvalue weighted by Gasteiger charge is -2.50. The SMILES string of the molecule is CC(C)(C)[Si](C)(C)O[C@H]1[C@H]2OC(=O)[C@]1(O[Si](C)(C)C(C)(C)C)C[C@@H](O)[C@H]2O. The van der Waals surface area contributed by atoms with Crippen LogP contribution in [0.5, 0.6) is 0 Å². The summed E-state index contributed by atoms with van der Waals surface area (Å²) >= 11 is 0. The van der Waals surface area contributed by atoms with Crippen molar-refractivity contribution in [1.82, 2.24) is 0 Å². The average molecular weight is 419 g/mol. The van der Waals surface area contributed by atoms with Gasteiger partial charge >= 0.3 is 5.97 Å². The molecule has 0 spiro atoms. The minimum atomic E-state index is -2.37. The molecule has 1 heterocycles. The lowest BCUT2D eigenvalue weighted by Crippen LogP contribution is -2.66. The molecule has 2 N–H and O–H groups in total. The van der Waals surface area contributed by atoms with Gasteiger partial charge in [-0.2, -0.15) is 0 Å². The molecule has 0 amide bonds. The van der Waals surface area contributed by atoms with E-state index in [1.807, 2.05) is 0 Å². The molecule has 8 heteroatoms. The summed E-state index contributed by atoms with van der Waals surface area (Å²) in [7, 11) is -4.65. The van der Waals surface area contributed by atoms with Gasteiger partial charge < -0.3 is 23.8 Å². The number of carbonyl (C=O) groups excluding carboxylic acids is 1. The van der Waals surface area contributed by atoms with Crippen LogP contribution in [0.3, 0.4) is 0 Å². The Kier molecular flexibility index (Phi) is 5.66. The van der Waals surface area contributed by atoms with E-state index in [2.05, 4.69) is 67.7 Å². The second-order valence-electron chi connectivity index (χ2n) is 11.2. The van der Waals surface area contributed by atoms with Gasteiger partial charge in [0, 0.05) is 6.42 Å². The molecule has 0 aromatic carbocycles. The predicted molar refractivity (Wildman–Crippen MR) is 110 cm³/mol. The zero-order valence-corrected chi connectivity index (χ0v) is 20.5. The highest BCUT2D eigenvalue weighted by Crippen LogP contribution is 2.50. The first kappa shape index (κ1) is 23.0. The number of hydrogen-bond donors (Lipinski definition) is 2. The smallest absolute Gasteiger partial charge is 0.340 e. The first-order chi connectivity index (χ1) is 11.9. The number of aliphatic hydroxyl groups excluding tert-OH is 2. The van der Waals surface area contributed by atoms with E-state index < -0.39 is 52.6 Å². The van der Waals surface area contributed by atoms with Crippen molar-refractivity contribution in [3.63, 3.8) is 0 Å². The molecule has 5 atom stereocenters. The summed E-state index contributed by atoms with van der Waals surface area (Å²) < 4.78 is 18.8. The molecular weight excluding hydrogens is 380 g/mol. The molecular formula is C19H38O6Si2. The Labute approximate surface area is 165 Å². The molecule has 0 unspecified atom stereocenters. The topological polar surface area (TPSA) is 85.2 Å². The summed E-state index contributed by atoms with van der Waals surface area (Å²) in [5.74, 6) is -0.517. The maximum absolute atomic E-state index is 13.0. The Morgan fingerprint density at radius 2 is 1.48 bits per heavy atom.